The van der Waals surface area contributed by atoms with Crippen molar-refractivity contribution in [2.45, 2.75) is 0 Å². The van der Waals surface area contributed by atoms with Gasteiger partial charge in [0.2, 0.25) is 0 Å². The number of hydrogen-bond acceptors (Lipinski definition) is 3. The van der Waals surface area contributed by atoms with Crippen molar-refractivity contribution in [1.82, 2.24) is 0 Å². The summed E-state index contributed by atoms with van der Waals surface area (Å²) in [4.78, 5) is 13.5. The van der Waals surface area contributed by atoms with Gasteiger partial charge in [-0.25, -0.2) is 4.79 Å². The average molecular weight is 218 g/mol. The second-order valence-corrected chi connectivity index (χ2v) is 2.97. The lowest BCUT2D eigenvalue weighted by molar-refractivity contribution is 0.0696. The van der Waals surface area contributed by atoms with Crippen LogP contribution in [-0.4, -0.2) is 17.6 Å². The second kappa shape index (κ2) is 5.43. The molecule has 0 aliphatic carbocycles. The Morgan fingerprint density at radius 3 is 3.00 bits per heavy atom. The zero-order valence-corrected chi connectivity index (χ0v) is 8.37. The fraction of sp³-hybridized carbons (Fsp3) is 0.100. The van der Waals surface area contributed by atoms with Gasteiger partial charge >= 0.3 is 5.97 Å². The maximum Gasteiger partial charge on any atom is 0.336 e. The second-order valence-electron chi connectivity index (χ2n) is 2.97. The lowest BCUT2D eigenvalue weighted by atomic mass is 10.1. The Balaban J connectivity index is 2.99. The smallest absolute Gasteiger partial charge is 0.336 e. The number of benzene rings is 1. The lowest BCUT2D eigenvalue weighted by Crippen LogP contribution is -2.00. The monoisotopic (exact) mass is 218 g/mol. The number of aromatic carboxylic acids is 1. The van der Waals surface area contributed by atoms with Crippen LogP contribution < -0.4 is 5.73 Å². The van der Waals surface area contributed by atoms with E-state index >= 15 is 0 Å². The van der Waals surface area contributed by atoms with Crippen molar-refractivity contribution in [1.29, 1.82) is 0 Å². The molecular formula is C10H10N4O2. The van der Waals surface area contributed by atoms with Gasteiger partial charge in [0.15, 0.2) is 0 Å². The fourth-order valence-electron chi connectivity index (χ4n) is 1.17. The van der Waals surface area contributed by atoms with E-state index < -0.39 is 5.97 Å². The van der Waals surface area contributed by atoms with Crippen LogP contribution in [0.2, 0.25) is 0 Å². The summed E-state index contributed by atoms with van der Waals surface area (Å²) in [6, 6.07) is 4.60. The summed E-state index contributed by atoms with van der Waals surface area (Å²) in [6.45, 7) is 0.180. The van der Waals surface area contributed by atoms with Gasteiger partial charge in [-0.15, -0.1) is 0 Å². The zero-order valence-electron chi connectivity index (χ0n) is 8.37. The van der Waals surface area contributed by atoms with Gasteiger partial charge in [0, 0.05) is 17.1 Å². The van der Waals surface area contributed by atoms with E-state index in [0.717, 1.165) is 0 Å². The summed E-state index contributed by atoms with van der Waals surface area (Å²) >= 11 is 0. The molecule has 0 aromatic heterocycles. The number of anilines is 1. The Bertz CT molecular complexity index is 476. The summed E-state index contributed by atoms with van der Waals surface area (Å²) in [5.74, 6) is -1.05. The Hall–Kier alpha value is -2.46. The number of carbonyl (C=O) groups is 1. The van der Waals surface area contributed by atoms with Crippen molar-refractivity contribution in [3.8, 4) is 0 Å². The van der Waals surface area contributed by atoms with Gasteiger partial charge in [-0.1, -0.05) is 23.3 Å². The Kier molecular flexibility index (Phi) is 3.94. The predicted molar refractivity (Wildman–Crippen MR) is 60.9 cm³/mol. The molecule has 0 radical (unpaired) electrons. The molecule has 0 atom stereocenters. The van der Waals surface area contributed by atoms with Gasteiger partial charge < -0.3 is 10.8 Å². The van der Waals surface area contributed by atoms with Crippen LogP contribution in [-0.2, 0) is 0 Å². The minimum Gasteiger partial charge on any atom is -0.478 e. The van der Waals surface area contributed by atoms with Gasteiger partial charge in [-0.05, 0) is 23.2 Å². The van der Waals surface area contributed by atoms with Gasteiger partial charge in [0.1, 0.15) is 0 Å². The highest BCUT2D eigenvalue weighted by Crippen LogP contribution is 2.15. The maximum atomic E-state index is 10.9. The number of rotatable bonds is 4. The number of azide groups is 1. The molecule has 6 heteroatoms. The molecule has 0 spiro atoms. The molecule has 0 heterocycles. The minimum absolute atomic E-state index is 0.122. The Labute approximate surface area is 91.6 Å². The molecule has 1 rings (SSSR count). The molecule has 0 fully saturated rings. The van der Waals surface area contributed by atoms with Gasteiger partial charge in [0.05, 0.1) is 5.56 Å². The van der Waals surface area contributed by atoms with Crippen LogP contribution >= 0.6 is 0 Å². The minimum atomic E-state index is -1.05. The number of hydrogen-bond donors (Lipinski definition) is 2. The quantitative estimate of drug-likeness (QED) is 0.350. The highest BCUT2D eigenvalue weighted by molar-refractivity contribution is 5.93. The maximum absolute atomic E-state index is 10.9. The van der Waals surface area contributed by atoms with E-state index in [4.69, 9.17) is 16.4 Å². The first-order chi connectivity index (χ1) is 7.65. The Morgan fingerprint density at radius 2 is 2.38 bits per heavy atom. The largest absolute Gasteiger partial charge is 0.478 e. The molecule has 0 aliphatic heterocycles. The first-order valence-electron chi connectivity index (χ1n) is 4.45. The first kappa shape index (κ1) is 11.6. The molecule has 0 saturated carbocycles. The van der Waals surface area contributed by atoms with Gasteiger partial charge in [-0.3, -0.25) is 0 Å². The molecule has 0 bridgehead atoms. The predicted octanol–water partition coefficient (Wildman–Crippen LogP) is 2.29. The number of nitrogens with two attached hydrogens (primary N) is 1. The first-order valence-corrected chi connectivity index (χ1v) is 4.45. The molecule has 3 N–H and O–H groups in total. The third-order valence-corrected chi connectivity index (χ3v) is 1.86. The van der Waals surface area contributed by atoms with Crippen LogP contribution in [0, 0.1) is 0 Å². The number of carboxylic acids is 1. The van der Waals surface area contributed by atoms with E-state index in [1.54, 1.807) is 24.3 Å². The van der Waals surface area contributed by atoms with Crippen molar-refractivity contribution in [2.24, 2.45) is 5.11 Å². The van der Waals surface area contributed by atoms with Crippen LogP contribution in [0.3, 0.4) is 0 Å². The molecule has 1 aromatic carbocycles. The van der Waals surface area contributed by atoms with Crippen molar-refractivity contribution in [3.05, 3.63) is 45.8 Å². The van der Waals surface area contributed by atoms with Crippen molar-refractivity contribution < 1.29 is 9.90 Å². The zero-order chi connectivity index (χ0) is 12.0. The molecule has 0 saturated heterocycles. The molecule has 0 amide bonds. The van der Waals surface area contributed by atoms with Crippen molar-refractivity contribution in [3.63, 3.8) is 0 Å². The number of nitrogens with zero attached hydrogens (tertiary/aromatic N) is 3. The number of nitrogen functional groups attached to an aromatic ring is 1. The third-order valence-electron chi connectivity index (χ3n) is 1.86. The third kappa shape index (κ3) is 3.04. The lowest BCUT2D eigenvalue weighted by Gasteiger charge is -2.02. The Morgan fingerprint density at radius 1 is 1.62 bits per heavy atom. The average Bonchev–Trinajstić information content (AvgIpc) is 2.26. The summed E-state index contributed by atoms with van der Waals surface area (Å²) in [5, 5.41) is 12.2. The molecule has 82 valence electrons. The summed E-state index contributed by atoms with van der Waals surface area (Å²) in [7, 11) is 0. The molecule has 0 aliphatic rings. The summed E-state index contributed by atoms with van der Waals surface area (Å²) in [6.07, 6.45) is 3.16. The van der Waals surface area contributed by atoms with Gasteiger partial charge in [-0.2, -0.15) is 0 Å². The van der Waals surface area contributed by atoms with E-state index in [1.165, 1.54) is 6.07 Å². The van der Waals surface area contributed by atoms with Crippen LogP contribution in [0.15, 0.2) is 29.4 Å². The highest BCUT2D eigenvalue weighted by Gasteiger charge is 2.07. The topological polar surface area (TPSA) is 112 Å². The number of carboxylic acid groups (broad SMARTS) is 1. The van der Waals surface area contributed by atoms with Crippen LogP contribution in [0.4, 0.5) is 5.69 Å². The normalized spacial score (nSPS) is 10.0. The van der Waals surface area contributed by atoms with Crippen molar-refractivity contribution >= 4 is 17.7 Å². The van der Waals surface area contributed by atoms with Crippen LogP contribution in [0.25, 0.3) is 16.5 Å². The highest BCUT2D eigenvalue weighted by atomic mass is 16.4. The molecular weight excluding hydrogens is 208 g/mol. The van der Waals surface area contributed by atoms with Gasteiger partial charge in [0.25, 0.3) is 0 Å². The molecule has 1 aromatic rings. The van der Waals surface area contributed by atoms with Crippen molar-refractivity contribution in [2.75, 3.05) is 12.3 Å². The van der Waals surface area contributed by atoms with E-state index in [9.17, 15) is 4.79 Å². The fourth-order valence-corrected chi connectivity index (χ4v) is 1.17. The van der Waals surface area contributed by atoms with Crippen LogP contribution in [0.1, 0.15) is 15.9 Å². The molecule has 0 unspecified atom stereocenters. The molecule has 6 nitrogen and oxygen atoms in total. The van der Waals surface area contributed by atoms with Crippen LogP contribution in [0.5, 0.6) is 0 Å². The summed E-state index contributed by atoms with van der Waals surface area (Å²) in [5.41, 5.74) is 14.6. The molecule has 16 heavy (non-hydrogen) atoms. The standard InChI is InChI=1S/C10H10N4O2/c11-8-4-3-7(2-1-5-13-14-12)9(6-8)10(15)16/h1-4,6H,5,11H2,(H,15,16). The van der Waals surface area contributed by atoms with E-state index in [0.29, 0.717) is 11.3 Å². The van der Waals surface area contributed by atoms with E-state index in [1.807, 2.05) is 0 Å². The van der Waals surface area contributed by atoms with E-state index in [-0.39, 0.29) is 12.1 Å². The summed E-state index contributed by atoms with van der Waals surface area (Å²) < 4.78 is 0. The van der Waals surface area contributed by atoms with E-state index in [2.05, 4.69) is 10.0 Å². The SMILES string of the molecule is [N-]=[N+]=NCC=Cc1ccc(N)cc1C(=O)O.